The number of para-hydroxylation sites is 1. The Morgan fingerprint density at radius 2 is 1.71 bits per heavy atom. The Labute approximate surface area is 285 Å². The van der Waals surface area contributed by atoms with Gasteiger partial charge in [0, 0.05) is 18.8 Å². The Kier molecular flexibility index (Phi) is 8.56. The van der Waals surface area contributed by atoms with Crippen LogP contribution in [0, 0.1) is 17.8 Å². The van der Waals surface area contributed by atoms with Gasteiger partial charge < -0.3 is 29.3 Å². The average Bonchev–Trinajstić information content (AvgIpc) is 3.66. The van der Waals surface area contributed by atoms with Gasteiger partial charge in [-0.2, -0.15) is 0 Å². The molecule has 1 aromatic heterocycles. The zero-order valence-corrected chi connectivity index (χ0v) is 28.4. The maximum atomic E-state index is 15.0. The lowest BCUT2D eigenvalue weighted by molar-refractivity contribution is -0.157. The predicted octanol–water partition coefficient (Wildman–Crippen LogP) is 3.56. The van der Waals surface area contributed by atoms with E-state index in [1.165, 1.54) is 0 Å². The number of hydrogen-bond donors (Lipinski definition) is 1. The molecule has 3 aromatic rings. The number of rotatable bonds is 10. The number of aliphatic hydroxyl groups is 1. The molecule has 0 bridgehead atoms. The molecule has 7 rings (SSSR count). The van der Waals surface area contributed by atoms with E-state index in [4.69, 9.17) is 9.47 Å². The Hall–Kier alpha value is -4.55. The van der Waals surface area contributed by atoms with Gasteiger partial charge in [0.1, 0.15) is 29.6 Å². The molecule has 7 atom stereocenters. The van der Waals surface area contributed by atoms with Crippen LogP contribution in [0.2, 0.25) is 0 Å². The van der Waals surface area contributed by atoms with Crippen molar-refractivity contribution in [2.75, 3.05) is 31.2 Å². The molecule has 4 aliphatic heterocycles. The standard InChI is InChI=1S/C37H44N6O6/c1-5-24(4)29(22-44)43-32-35(47)40(23-42-28-13-9-8-12-27(28)38-39-42)20-11-19-37(32)31(34(43)46)30-33(45)41(21-10-18-36(30,6-2)49-37)25-14-16-26(17-15-25)48-7-3/h8-19,24,29-32,44H,5-7,20-23H2,1-4H3/t24-,29-,30-,31-,32?,36+,37-/m0/s1. The van der Waals surface area contributed by atoms with Gasteiger partial charge >= 0.3 is 0 Å². The van der Waals surface area contributed by atoms with Gasteiger partial charge in [0.2, 0.25) is 11.8 Å². The zero-order chi connectivity index (χ0) is 34.5. The van der Waals surface area contributed by atoms with Crippen molar-refractivity contribution < 1.29 is 29.0 Å². The molecule has 258 valence electrons. The summed E-state index contributed by atoms with van der Waals surface area (Å²) in [7, 11) is 0. The number of carbonyl (C=O) groups is 3. The molecule has 0 radical (unpaired) electrons. The first-order chi connectivity index (χ1) is 23.7. The fourth-order valence-electron chi connectivity index (χ4n) is 8.35. The second-order valence-electron chi connectivity index (χ2n) is 13.5. The number of amides is 3. The van der Waals surface area contributed by atoms with Gasteiger partial charge in [-0.1, -0.05) is 68.8 Å². The number of nitrogens with zero attached hydrogens (tertiary/aromatic N) is 6. The SMILES string of the molecule is CCOc1ccc(N2CC=C[C@@]3(CC)O[C@]45C=CCN(Cn6nnc7ccccc76)C(=O)C4N([C@@H](CO)[C@@H](C)CC)C(=O)[C@@H]5[C@H]3C2=O)cc1. The first-order valence-corrected chi connectivity index (χ1v) is 17.3. The molecule has 2 saturated heterocycles. The van der Waals surface area contributed by atoms with E-state index in [0.29, 0.717) is 42.9 Å². The highest BCUT2D eigenvalue weighted by Crippen LogP contribution is 2.59. The molecule has 12 nitrogen and oxygen atoms in total. The molecule has 0 aliphatic carbocycles. The lowest BCUT2D eigenvalue weighted by Gasteiger charge is -2.42. The maximum absolute atomic E-state index is 15.0. The molecule has 1 unspecified atom stereocenters. The van der Waals surface area contributed by atoms with Gasteiger partial charge in [-0.15, -0.1) is 5.10 Å². The molecule has 0 saturated carbocycles. The van der Waals surface area contributed by atoms with Crippen LogP contribution in [0.5, 0.6) is 5.75 Å². The molecule has 12 heteroatoms. The molecule has 2 aromatic carbocycles. The topological polar surface area (TPSA) is 130 Å². The number of benzene rings is 2. The molecule has 1 N–H and O–H groups in total. The number of fused-ring (bicyclic) bond motifs is 3. The molecule has 4 aliphatic rings. The summed E-state index contributed by atoms with van der Waals surface area (Å²) in [6, 6.07) is 13.1. The molecule has 49 heavy (non-hydrogen) atoms. The molecule has 2 fully saturated rings. The number of likely N-dealkylation sites (tertiary alicyclic amines) is 1. The number of aromatic nitrogens is 3. The second-order valence-corrected chi connectivity index (χ2v) is 13.5. The fourth-order valence-corrected chi connectivity index (χ4v) is 8.35. The van der Waals surface area contributed by atoms with Crippen LogP contribution in [0.1, 0.15) is 40.5 Å². The van der Waals surface area contributed by atoms with Crippen LogP contribution in [-0.2, 0) is 25.8 Å². The summed E-state index contributed by atoms with van der Waals surface area (Å²) in [5.41, 5.74) is -0.418. The van der Waals surface area contributed by atoms with Crippen LogP contribution in [-0.4, -0.2) is 97.2 Å². The zero-order valence-electron chi connectivity index (χ0n) is 28.4. The van der Waals surface area contributed by atoms with E-state index in [9.17, 15) is 14.7 Å². The van der Waals surface area contributed by atoms with Crippen molar-refractivity contribution in [1.82, 2.24) is 24.8 Å². The largest absolute Gasteiger partial charge is 0.494 e. The van der Waals surface area contributed by atoms with E-state index >= 15 is 4.79 Å². The Bertz CT molecular complexity index is 1810. The van der Waals surface area contributed by atoms with Crippen molar-refractivity contribution in [2.45, 2.75) is 70.5 Å². The monoisotopic (exact) mass is 668 g/mol. The molecule has 1 spiro atoms. The van der Waals surface area contributed by atoms with Crippen LogP contribution < -0.4 is 9.64 Å². The Balaban J connectivity index is 1.33. The van der Waals surface area contributed by atoms with Gasteiger partial charge in [0.25, 0.3) is 5.91 Å². The summed E-state index contributed by atoms with van der Waals surface area (Å²) in [4.78, 5) is 49.8. The van der Waals surface area contributed by atoms with Crippen LogP contribution in [0.3, 0.4) is 0 Å². The maximum Gasteiger partial charge on any atom is 0.250 e. The highest BCUT2D eigenvalue weighted by molar-refractivity contribution is 6.04. The summed E-state index contributed by atoms with van der Waals surface area (Å²) >= 11 is 0. The number of carbonyl (C=O) groups excluding carboxylic acids is 3. The summed E-state index contributed by atoms with van der Waals surface area (Å²) in [5.74, 6) is -2.27. The molecule has 5 heterocycles. The molecular formula is C37H44N6O6. The minimum absolute atomic E-state index is 0.1000. The highest BCUT2D eigenvalue weighted by atomic mass is 16.5. The number of anilines is 1. The molecule has 3 amide bonds. The van der Waals surface area contributed by atoms with E-state index in [0.717, 1.165) is 5.52 Å². The quantitative estimate of drug-likeness (QED) is 0.325. The first-order valence-electron chi connectivity index (χ1n) is 17.3. The van der Waals surface area contributed by atoms with Crippen LogP contribution in [0.15, 0.2) is 72.8 Å². The predicted molar refractivity (Wildman–Crippen MR) is 182 cm³/mol. The smallest absolute Gasteiger partial charge is 0.250 e. The minimum Gasteiger partial charge on any atom is -0.494 e. The van der Waals surface area contributed by atoms with E-state index in [1.807, 2.05) is 101 Å². The van der Waals surface area contributed by atoms with Crippen molar-refractivity contribution >= 4 is 34.4 Å². The first kappa shape index (κ1) is 33.0. The molecular weight excluding hydrogens is 624 g/mol. The van der Waals surface area contributed by atoms with Crippen LogP contribution in [0.25, 0.3) is 11.0 Å². The Morgan fingerprint density at radius 3 is 2.43 bits per heavy atom. The van der Waals surface area contributed by atoms with E-state index < -0.39 is 35.1 Å². The number of aliphatic hydroxyl groups excluding tert-OH is 1. The summed E-state index contributed by atoms with van der Waals surface area (Å²) in [6.07, 6.45) is 8.65. The van der Waals surface area contributed by atoms with Gasteiger partial charge in [0.15, 0.2) is 0 Å². The van der Waals surface area contributed by atoms with Crippen molar-refractivity contribution in [3.05, 3.63) is 72.8 Å². The Morgan fingerprint density at radius 1 is 0.959 bits per heavy atom. The van der Waals surface area contributed by atoms with Gasteiger partial charge in [-0.05, 0) is 55.7 Å². The lowest BCUT2D eigenvalue weighted by Crippen LogP contribution is -2.60. The van der Waals surface area contributed by atoms with E-state index in [-0.39, 0.29) is 43.5 Å². The van der Waals surface area contributed by atoms with E-state index in [1.54, 1.807) is 19.4 Å². The third kappa shape index (κ3) is 5.06. The number of ether oxygens (including phenoxy) is 2. The highest BCUT2D eigenvalue weighted by Gasteiger charge is 2.76. The van der Waals surface area contributed by atoms with Crippen molar-refractivity contribution in [1.29, 1.82) is 0 Å². The van der Waals surface area contributed by atoms with Crippen LogP contribution >= 0.6 is 0 Å². The van der Waals surface area contributed by atoms with Gasteiger partial charge in [-0.3, -0.25) is 14.4 Å². The van der Waals surface area contributed by atoms with Crippen LogP contribution in [0.4, 0.5) is 5.69 Å². The minimum atomic E-state index is -1.45. The van der Waals surface area contributed by atoms with Crippen molar-refractivity contribution in [3.8, 4) is 5.75 Å². The van der Waals surface area contributed by atoms with E-state index in [2.05, 4.69) is 10.3 Å². The van der Waals surface area contributed by atoms with Gasteiger partial charge in [-0.25, -0.2) is 4.68 Å². The normalized spacial score (nSPS) is 29.1. The second kappa shape index (κ2) is 12.7. The number of hydrogen-bond acceptors (Lipinski definition) is 8. The van der Waals surface area contributed by atoms with Gasteiger partial charge in [0.05, 0.1) is 42.2 Å². The fraction of sp³-hybridized carbons (Fsp3) is 0.486. The third-order valence-corrected chi connectivity index (χ3v) is 11.0. The lowest BCUT2D eigenvalue weighted by atomic mass is 9.73. The third-order valence-electron chi connectivity index (χ3n) is 11.0. The average molecular weight is 669 g/mol. The summed E-state index contributed by atoms with van der Waals surface area (Å²) in [6.45, 7) is 8.66. The van der Waals surface area contributed by atoms with Crippen molar-refractivity contribution in [2.24, 2.45) is 17.8 Å². The summed E-state index contributed by atoms with van der Waals surface area (Å²) in [5, 5.41) is 19.4. The summed E-state index contributed by atoms with van der Waals surface area (Å²) < 4.78 is 14.4. The van der Waals surface area contributed by atoms with Crippen molar-refractivity contribution in [3.63, 3.8) is 0 Å².